The number of benzene rings is 3. The Kier molecular flexibility index (Phi) is 4.77. The van der Waals surface area contributed by atoms with Crippen molar-refractivity contribution in [1.82, 2.24) is 9.78 Å². The predicted molar refractivity (Wildman–Crippen MR) is 107 cm³/mol. The van der Waals surface area contributed by atoms with E-state index in [0.717, 1.165) is 22.0 Å². The fourth-order valence-corrected chi connectivity index (χ4v) is 3.27. The van der Waals surface area contributed by atoms with Crippen LogP contribution >= 0.6 is 0 Å². The van der Waals surface area contributed by atoms with Crippen LogP contribution in [0.1, 0.15) is 12.6 Å². The van der Waals surface area contributed by atoms with E-state index < -0.39 is 0 Å². The molecule has 0 aliphatic rings. The number of hydrogen-bond acceptors (Lipinski definition) is 4. The van der Waals surface area contributed by atoms with Crippen LogP contribution in [-0.4, -0.2) is 16.4 Å². The van der Waals surface area contributed by atoms with Crippen molar-refractivity contribution in [2.45, 2.75) is 13.5 Å². The molecule has 0 saturated heterocycles. The molecular weight excluding hydrogens is 338 g/mol. The molecule has 0 spiro atoms. The molecule has 0 aliphatic heterocycles. The fraction of sp³-hybridized carbons (Fsp3) is 0.136. The van der Waals surface area contributed by atoms with Gasteiger partial charge in [0, 0.05) is 17.6 Å². The monoisotopic (exact) mass is 357 g/mol. The SMILES string of the molecule is CCOCc1nn(-c2cccc3ccccc23)c(-c2ccccc2)c1N=O. The van der Waals surface area contributed by atoms with Gasteiger partial charge in [-0.2, -0.15) is 5.10 Å². The molecule has 1 heterocycles. The lowest BCUT2D eigenvalue weighted by molar-refractivity contribution is 0.131. The summed E-state index contributed by atoms with van der Waals surface area (Å²) in [7, 11) is 0. The first-order chi connectivity index (χ1) is 13.3. The Morgan fingerprint density at radius 1 is 0.963 bits per heavy atom. The summed E-state index contributed by atoms with van der Waals surface area (Å²) in [6, 6.07) is 23.9. The zero-order valence-electron chi connectivity index (χ0n) is 15.0. The van der Waals surface area contributed by atoms with Gasteiger partial charge in [0.05, 0.1) is 12.3 Å². The van der Waals surface area contributed by atoms with Crippen molar-refractivity contribution in [3.63, 3.8) is 0 Å². The average Bonchev–Trinajstić information content (AvgIpc) is 3.10. The molecule has 27 heavy (non-hydrogen) atoms. The molecule has 0 N–H and O–H groups in total. The second-order valence-electron chi connectivity index (χ2n) is 6.15. The number of hydrogen-bond donors (Lipinski definition) is 0. The van der Waals surface area contributed by atoms with Gasteiger partial charge in [-0.3, -0.25) is 0 Å². The maximum absolute atomic E-state index is 11.7. The first-order valence-corrected chi connectivity index (χ1v) is 8.90. The molecule has 0 radical (unpaired) electrons. The van der Waals surface area contributed by atoms with Crippen LogP contribution in [0.25, 0.3) is 27.7 Å². The summed E-state index contributed by atoms with van der Waals surface area (Å²) >= 11 is 0. The standard InChI is InChI=1S/C22H19N3O2/c1-2-27-15-19-21(24-26)22(17-10-4-3-5-11-17)25(23-19)20-14-8-12-16-9-6-7-13-18(16)20/h3-14H,2,15H2,1H3. The van der Waals surface area contributed by atoms with Crippen LogP contribution in [-0.2, 0) is 11.3 Å². The second-order valence-corrected chi connectivity index (χ2v) is 6.15. The molecule has 134 valence electrons. The minimum absolute atomic E-state index is 0.245. The molecule has 3 aromatic carbocycles. The number of nitrogens with zero attached hydrogens (tertiary/aromatic N) is 3. The summed E-state index contributed by atoms with van der Waals surface area (Å²) < 4.78 is 7.32. The van der Waals surface area contributed by atoms with E-state index >= 15 is 0 Å². The van der Waals surface area contributed by atoms with Crippen molar-refractivity contribution in [3.8, 4) is 16.9 Å². The van der Waals surface area contributed by atoms with E-state index in [2.05, 4.69) is 23.4 Å². The van der Waals surface area contributed by atoms with Gasteiger partial charge < -0.3 is 4.74 Å². The first-order valence-electron chi connectivity index (χ1n) is 8.90. The molecule has 4 aromatic rings. The maximum Gasteiger partial charge on any atom is 0.159 e. The Labute approximate surface area is 157 Å². The molecule has 0 fully saturated rings. The predicted octanol–water partition coefficient (Wildman–Crippen LogP) is 5.63. The van der Waals surface area contributed by atoms with E-state index in [1.54, 1.807) is 0 Å². The molecule has 0 atom stereocenters. The van der Waals surface area contributed by atoms with Gasteiger partial charge in [-0.1, -0.05) is 66.7 Å². The summed E-state index contributed by atoms with van der Waals surface area (Å²) in [5, 5.41) is 10.2. The lowest BCUT2D eigenvalue weighted by Crippen LogP contribution is -2.01. The minimum Gasteiger partial charge on any atom is -0.375 e. The number of fused-ring (bicyclic) bond motifs is 1. The molecule has 1 aromatic heterocycles. The molecule has 0 unspecified atom stereocenters. The summed E-state index contributed by atoms with van der Waals surface area (Å²) in [5.41, 5.74) is 3.33. The molecule has 0 aliphatic carbocycles. The van der Waals surface area contributed by atoms with Crippen LogP contribution in [0.4, 0.5) is 5.69 Å². The van der Waals surface area contributed by atoms with Crippen LogP contribution in [0.3, 0.4) is 0 Å². The Bertz CT molecular complexity index is 1080. The Morgan fingerprint density at radius 2 is 1.70 bits per heavy atom. The highest BCUT2D eigenvalue weighted by molar-refractivity contribution is 5.91. The average molecular weight is 357 g/mol. The van der Waals surface area contributed by atoms with Crippen molar-refractivity contribution in [2.24, 2.45) is 5.18 Å². The van der Waals surface area contributed by atoms with Gasteiger partial charge in [0.15, 0.2) is 5.69 Å². The van der Waals surface area contributed by atoms with Crippen LogP contribution < -0.4 is 0 Å². The topological polar surface area (TPSA) is 56.5 Å². The molecule has 5 heteroatoms. The zero-order valence-corrected chi connectivity index (χ0v) is 15.0. The lowest BCUT2D eigenvalue weighted by Gasteiger charge is -2.11. The molecule has 0 saturated carbocycles. The van der Waals surface area contributed by atoms with Crippen molar-refractivity contribution in [1.29, 1.82) is 0 Å². The van der Waals surface area contributed by atoms with Gasteiger partial charge in [-0.05, 0) is 23.6 Å². The molecule has 0 bridgehead atoms. The molecule has 5 nitrogen and oxygen atoms in total. The number of aromatic nitrogens is 2. The van der Waals surface area contributed by atoms with E-state index in [-0.39, 0.29) is 6.61 Å². The number of nitroso groups, excluding NO2 is 1. The third-order valence-corrected chi connectivity index (χ3v) is 4.51. The first kappa shape index (κ1) is 17.1. The van der Waals surface area contributed by atoms with Crippen LogP contribution in [0.2, 0.25) is 0 Å². The van der Waals surface area contributed by atoms with Gasteiger partial charge in [0.25, 0.3) is 0 Å². The van der Waals surface area contributed by atoms with Crippen molar-refractivity contribution in [3.05, 3.63) is 83.4 Å². The highest BCUT2D eigenvalue weighted by Gasteiger charge is 2.22. The Balaban J connectivity index is 2.01. The molecular formula is C22H19N3O2. The van der Waals surface area contributed by atoms with E-state index in [9.17, 15) is 4.91 Å². The van der Waals surface area contributed by atoms with E-state index in [0.29, 0.717) is 23.7 Å². The minimum atomic E-state index is 0.245. The molecule has 4 rings (SSSR count). The quantitative estimate of drug-likeness (QED) is 0.420. The maximum atomic E-state index is 11.7. The third kappa shape index (κ3) is 3.13. The largest absolute Gasteiger partial charge is 0.375 e. The highest BCUT2D eigenvalue weighted by Crippen LogP contribution is 2.37. The van der Waals surface area contributed by atoms with Crippen molar-refractivity contribution in [2.75, 3.05) is 6.61 Å². The van der Waals surface area contributed by atoms with Crippen molar-refractivity contribution < 1.29 is 4.74 Å². The summed E-state index contributed by atoms with van der Waals surface area (Å²) in [5.74, 6) is 0. The van der Waals surface area contributed by atoms with E-state index in [1.165, 1.54) is 0 Å². The van der Waals surface area contributed by atoms with Crippen LogP contribution in [0.5, 0.6) is 0 Å². The van der Waals surface area contributed by atoms with Crippen LogP contribution in [0, 0.1) is 4.91 Å². The fourth-order valence-electron chi connectivity index (χ4n) is 3.27. The van der Waals surface area contributed by atoms with Gasteiger partial charge in [-0.25, -0.2) is 4.68 Å². The Hall–Kier alpha value is -3.31. The van der Waals surface area contributed by atoms with Crippen LogP contribution in [0.15, 0.2) is 78.0 Å². The number of rotatable bonds is 6. The molecule has 0 amide bonds. The van der Waals surface area contributed by atoms with Gasteiger partial charge in [0.2, 0.25) is 0 Å². The highest BCUT2D eigenvalue weighted by atomic mass is 16.5. The van der Waals surface area contributed by atoms with Gasteiger partial charge >= 0.3 is 0 Å². The summed E-state index contributed by atoms with van der Waals surface area (Å²) in [4.78, 5) is 11.7. The van der Waals surface area contributed by atoms with Gasteiger partial charge in [-0.15, -0.1) is 4.91 Å². The third-order valence-electron chi connectivity index (χ3n) is 4.51. The van der Waals surface area contributed by atoms with Crippen molar-refractivity contribution >= 4 is 16.5 Å². The van der Waals surface area contributed by atoms with E-state index in [1.807, 2.05) is 66.2 Å². The van der Waals surface area contributed by atoms with E-state index in [4.69, 9.17) is 9.84 Å². The number of ether oxygens (including phenoxy) is 1. The second kappa shape index (κ2) is 7.51. The smallest absolute Gasteiger partial charge is 0.159 e. The van der Waals surface area contributed by atoms with Gasteiger partial charge in [0.1, 0.15) is 11.4 Å². The lowest BCUT2D eigenvalue weighted by atomic mass is 10.1. The summed E-state index contributed by atoms with van der Waals surface area (Å²) in [6.07, 6.45) is 0. The zero-order chi connectivity index (χ0) is 18.6. The summed E-state index contributed by atoms with van der Waals surface area (Å²) in [6.45, 7) is 2.70. The normalized spacial score (nSPS) is 11.0. The Morgan fingerprint density at radius 3 is 2.48 bits per heavy atom.